The van der Waals surface area contributed by atoms with Crippen LogP contribution in [0.4, 0.5) is 0 Å². The summed E-state index contributed by atoms with van der Waals surface area (Å²) in [5, 5.41) is 10.0. The number of methoxy groups -OCH3 is 2. The molecule has 1 saturated carbocycles. The van der Waals surface area contributed by atoms with Crippen molar-refractivity contribution in [1.29, 1.82) is 0 Å². The van der Waals surface area contributed by atoms with E-state index in [1.807, 2.05) is 31.2 Å². The Labute approximate surface area is 161 Å². The first kappa shape index (κ1) is 20.1. The van der Waals surface area contributed by atoms with Crippen LogP contribution in [0.15, 0.2) is 24.3 Å². The maximum absolute atomic E-state index is 12.2. The van der Waals surface area contributed by atoms with Crippen molar-refractivity contribution in [3.8, 4) is 5.75 Å². The fourth-order valence-corrected chi connectivity index (χ4v) is 4.67. The second kappa shape index (κ2) is 8.59. The van der Waals surface area contributed by atoms with Crippen molar-refractivity contribution in [2.24, 2.45) is 0 Å². The van der Waals surface area contributed by atoms with Crippen LogP contribution in [0.25, 0.3) is 0 Å². The van der Waals surface area contributed by atoms with Crippen LogP contribution in [0.3, 0.4) is 0 Å². The molecule has 1 aliphatic carbocycles. The third kappa shape index (κ3) is 3.98. The minimum absolute atomic E-state index is 0.212. The van der Waals surface area contributed by atoms with Gasteiger partial charge >= 0.3 is 5.97 Å². The fraction of sp³-hybridized carbons (Fsp3) is 0.667. The number of nitrogens with zero attached hydrogens (tertiary/aromatic N) is 1. The molecule has 0 amide bonds. The van der Waals surface area contributed by atoms with Gasteiger partial charge in [-0.15, -0.1) is 0 Å². The largest absolute Gasteiger partial charge is 0.497 e. The quantitative estimate of drug-likeness (QED) is 0.788. The normalized spacial score (nSPS) is 31.7. The predicted octanol–water partition coefficient (Wildman–Crippen LogP) is 2.91. The van der Waals surface area contributed by atoms with Crippen molar-refractivity contribution in [2.75, 3.05) is 33.9 Å². The Balaban J connectivity index is 1.79. The highest BCUT2D eigenvalue weighted by Crippen LogP contribution is 2.42. The highest BCUT2D eigenvalue weighted by molar-refractivity contribution is 5.80. The van der Waals surface area contributed by atoms with E-state index in [0.717, 1.165) is 43.6 Å². The number of rotatable bonds is 7. The Morgan fingerprint density at radius 1 is 1.19 bits per heavy atom. The molecule has 0 aromatic heterocycles. The van der Waals surface area contributed by atoms with E-state index in [1.54, 1.807) is 7.11 Å². The Morgan fingerprint density at radius 3 is 2.37 bits per heavy atom. The highest BCUT2D eigenvalue weighted by atomic mass is 16.5. The monoisotopic (exact) mass is 377 g/mol. The van der Waals surface area contributed by atoms with Crippen LogP contribution in [-0.2, 0) is 14.3 Å². The summed E-state index contributed by atoms with van der Waals surface area (Å²) >= 11 is 0. The SMILES string of the molecule is CCOC1CCC(N2CC(c3ccc(OC)cc3)C(OC)(C(=O)O)C2)CC1. The topological polar surface area (TPSA) is 68.2 Å². The van der Waals surface area contributed by atoms with Crippen molar-refractivity contribution < 1.29 is 24.1 Å². The summed E-state index contributed by atoms with van der Waals surface area (Å²) in [6.45, 7) is 3.89. The summed E-state index contributed by atoms with van der Waals surface area (Å²) in [4.78, 5) is 14.5. The van der Waals surface area contributed by atoms with Gasteiger partial charge in [0.25, 0.3) is 0 Å². The molecule has 2 fully saturated rings. The second-order valence-electron chi connectivity index (χ2n) is 7.54. The third-order valence-electron chi connectivity index (χ3n) is 6.22. The molecule has 0 bridgehead atoms. The zero-order chi connectivity index (χ0) is 19.4. The number of ether oxygens (including phenoxy) is 3. The van der Waals surface area contributed by atoms with Gasteiger partial charge in [-0.2, -0.15) is 0 Å². The molecule has 1 aromatic carbocycles. The lowest BCUT2D eigenvalue weighted by Gasteiger charge is -2.35. The van der Waals surface area contributed by atoms with Crippen LogP contribution < -0.4 is 4.74 Å². The maximum Gasteiger partial charge on any atom is 0.338 e. The van der Waals surface area contributed by atoms with Crippen molar-refractivity contribution in [3.05, 3.63) is 29.8 Å². The van der Waals surface area contributed by atoms with Crippen LogP contribution in [-0.4, -0.2) is 67.6 Å². The molecule has 1 aromatic rings. The Morgan fingerprint density at radius 2 is 1.85 bits per heavy atom. The highest BCUT2D eigenvalue weighted by Gasteiger charge is 2.55. The van der Waals surface area contributed by atoms with Crippen LogP contribution in [0.2, 0.25) is 0 Å². The number of carboxylic acids is 1. The first-order valence-corrected chi connectivity index (χ1v) is 9.82. The van der Waals surface area contributed by atoms with E-state index in [4.69, 9.17) is 14.2 Å². The van der Waals surface area contributed by atoms with Crippen LogP contribution in [0.1, 0.15) is 44.1 Å². The average molecular weight is 377 g/mol. The summed E-state index contributed by atoms with van der Waals surface area (Å²) in [5.74, 6) is -0.340. The van der Waals surface area contributed by atoms with Crippen molar-refractivity contribution in [1.82, 2.24) is 4.90 Å². The lowest BCUT2D eigenvalue weighted by Crippen LogP contribution is -2.48. The lowest BCUT2D eigenvalue weighted by atomic mass is 9.84. The van der Waals surface area contributed by atoms with Gasteiger partial charge < -0.3 is 19.3 Å². The molecular formula is C21H31NO5. The Kier molecular flexibility index (Phi) is 6.40. The number of hydrogen-bond acceptors (Lipinski definition) is 5. The van der Waals surface area contributed by atoms with Crippen LogP contribution in [0.5, 0.6) is 5.75 Å². The van der Waals surface area contributed by atoms with Gasteiger partial charge in [0.05, 0.1) is 13.2 Å². The van der Waals surface area contributed by atoms with E-state index >= 15 is 0 Å². The molecule has 1 saturated heterocycles. The zero-order valence-corrected chi connectivity index (χ0v) is 16.5. The van der Waals surface area contributed by atoms with E-state index < -0.39 is 11.6 Å². The molecule has 1 aliphatic heterocycles. The van der Waals surface area contributed by atoms with Gasteiger partial charge in [-0.25, -0.2) is 4.79 Å². The number of likely N-dealkylation sites (tertiary alicyclic amines) is 1. The van der Waals surface area contributed by atoms with Crippen LogP contribution >= 0.6 is 0 Å². The van der Waals surface area contributed by atoms with E-state index in [-0.39, 0.29) is 5.92 Å². The minimum atomic E-state index is -1.22. The smallest absolute Gasteiger partial charge is 0.338 e. The number of benzene rings is 1. The van der Waals surface area contributed by atoms with Gasteiger partial charge in [0.2, 0.25) is 0 Å². The van der Waals surface area contributed by atoms with Gasteiger partial charge in [0.15, 0.2) is 5.60 Å². The Hall–Kier alpha value is -1.63. The molecule has 1 N–H and O–H groups in total. The van der Waals surface area contributed by atoms with E-state index in [0.29, 0.717) is 25.2 Å². The van der Waals surface area contributed by atoms with Crippen LogP contribution in [0, 0.1) is 0 Å². The molecule has 0 spiro atoms. The van der Waals surface area contributed by atoms with Gasteiger partial charge in [-0.05, 0) is 50.3 Å². The van der Waals surface area contributed by atoms with Crippen molar-refractivity contribution in [2.45, 2.75) is 56.3 Å². The summed E-state index contributed by atoms with van der Waals surface area (Å²) < 4.78 is 16.7. The third-order valence-corrected chi connectivity index (χ3v) is 6.22. The summed E-state index contributed by atoms with van der Waals surface area (Å²) in [5.41, 5.74) is -0.240. The molecule has 150 valence electrons. The maximum atomic E-state index is 12.2. The molecule has 6 nitrogen and oxygen atoms in total. The number of aliphatic carboxylic acids is 1. The molecule has 1 heterocycles. The predicted molar refractivity (Wildman–Crippen MR) is 102 cm³/mol. The van der Waals surface area contributed by atoms with E-state index in [9.17, 15) is 9.90 Å². The number of hydrogen-bond donors (Lipinski definition) is 1. The Bertz CT molecular complexity index is 626. The number of carboxylic acid groups (broad SMARTS) is 1. The number of carbonyl (C=O) groups is 1. The van der Waals surface area contributed by atoms with E-state index in [1.165, 1.54) is 7.11 Å². The standard InChI is InChI=1S/C21H31NO5/c1-4-27-18-11-7-16(8-12-18)22-13-19(21(14-22,26-3)20(23)24)15-5-9-17(25-2)10-6-15/h5-6,9-10,16,18-19H,4,7-8,11-14H2,1-3H3,(H,23,24). The van der Waals surface area contributed by atoms with Crippen molar-refractivity contribution in [3.63, 3.8) is 0 Å². The molecule has 27 heavy (non-hydrogen) atoms. The fourth-order valence-electron chi connectivity index (χ4n) is 4.67. The van der Waals surface area contributed by atoms with Gasteiger partial charge in [-0.1, -0.05) is 12.1 Å². The molecule has 3 rings (SSSR count). The first-order valence-electron chi connectivity index (χ1n) is 9.82. The first-order chi connectivity index (χ1) is 13.0. The molecular weight excluding hydrogens is 346 g/mol. The zero-order valence-electron chi connectivity index (χ0n) is 16.5. The molecule has 2 aliphatic rings. The van der Waals surface area contributed by atoms with E-state index in [2.05, 4.69) is 4.90 Å². The summed E-state index contributed by atoms with van der Waals surface area (Å²) in [6.07, 6.45) is 4.50. The molecule has 2 unspecified atom stereocenters. The second-order valence-corrected chi connectivity index (χ2v) is 7.54. The van der Waals surface area contributed by atoms with Gasteiger partial charge in [0.1, 0.15) is 5.75 Å². The lowest BCUT2D eigenvalue weighted by molar-refractivity contribution is -0.162. The summed E-state index contributed by atoms with van der Waals surface area (Å²) in [7, 11) is 3.14. The molecule has 6 heteroatoms. The van der Waals surface area contributed by atoms with Gasteiger partial charge in [-0.3, -0.25) is 4.90 Å². The van der Waals surface area contributed by atoms with Crippen molar-refractivity contribution >= 4 is 5.97 Å². The van der Waals surface area contributed by atoms with Gasteiger partial charge in [0, 0.05) is 38.8 Å². The average Bonchev–Trinajstić information content (AvgIpc) is 3.10. The minimum Gasteiger partial charge on any atom is -0.497 e. The molecule has 2 atom stereocenters. The molecule has 0 radical (unpaired) electrons. The summed E-state index contributed by atoms with van der Waals surface area (Å²) in [6, 6.07) is 8.06.